The summed E-state index contributed by atoms with van der Waals surface area (Å²) in [6.07, 6.45) is 11.0. The number of aryl methyl sites for hydroxylation is 2. The van der Waals surface area contributed by atoms with Gasteiger partial charge in [-0.3, -0.25) is 6.08 Å². The number of halogens is 4. The average molecular weight is 953 g/mol. The van der Waals surface area contributed by atoms with Gasteiger partial charge in [-0.15, -0.1) is 47.9 Å². The number of rotatable bonds is 2. The van der Waals surface area contributed by atoms with Crippen molar-refractivity contribution < 1.29 is 24.2 Å². The summed E-state index contributed by atoms with van der Waals surface area (Å²) in [5.74, 6) is 0. The van der Waals surface area contributed by atoms with Crippen molar-refractivity contribution in [2.75, 3.05) is 0 Å². The van der Waals surface area contributed by atoms with Gasteiger partial charge in [0.1, 0.15) is 0 Å². The molecule has 2 aliphatic rings. The summed E-state index contributed by atoms with van der Waals surface area (Å²) < 4.78 is 3.99. The number of hydrogen-bond acceptors (Lipinski definition) is 0. The molecule has 46 heavy (non-hydrogen) atoms. The van der Waals surface area contributed by atoms with Crippen molar-refractivity contribution >= 4 is 73.2 Å². The Labute approximate surface area is 332 Å². The Morgan fingerprint density at radius 1 is 0.717 bits per heavy atom. The van der Waals surface area contributed by atoms with Crippen molar-refractivity contribution in [3.8, 4) is 11.1 Å². The van der Waals surface area contributed by atoms with Crippen LogP contribution in [-0.2, 0) is 41.5 Å². The molecule has 0 bridgehead atoms. The maximum atomic E-state index is 3.69. The number of hydrogen-bond donors (Lipinski definition) is 0. The molecular weight excluding hydrogens is 908 g/mol. The molecule has 0 heterocycles. The van der Waals surface area contributed by atoms with E-state index in [0.29, 0.717) is 0 Å². The molecule has 0 fully saturated rings. The van der Waals surface area contributed by atoms with E-state index < -0.39 is 0 Å². The maximum absolute atomic E-state index is 3.69. The van der Waals surface area contributed by atoms with Crippen LogP contribution < -0.4 is 0 Å². The van der Waals surface area contributed by atoms with Gasteiger partial charge in [0.05, 0.1) is 0 Å². The van der Waals surface area contributed by atoms with E-state index in [1.165, 1.54) is 90.2 Å². The molecule has 4 aromatic carbocycles. The van der Waals surface area contributed by atoms with Crippen LogP contribution in [0.2, 0.25) is 0 Å². The van der Waals surface area contributed by atoms with Crippen molar-refractivity contribution in [3.63, 3.8) is 0 Å². The zero-order valence-corrected chi connectivity index (χ0v) is 36.5. The molecule has 0 saturated heterocycles. The van der Waals surface area contributed by atoms with E-state index >= 15 is 0 Å². The fourth-order valence-corrected chi connectivity index (χ4v) is 7.30. The van der Waals surface area contributed by atoms with Gasteiger partial charge in [-0.1, -0.05) is 71.6 Å². The minimum absolute atomic E-state index is 0. The number of fused-ring (bicyclic) bond motifs is 3. The van der Waals surface area contributed by atoms with Crippen LogP contribution in [0.1, 0.15) is 92.5 Å². The Morgan fingerprint density at radius 3 is 1.63 bits per heavy atom. The van der Waals surface area contributed by atoms with Crippen LogP contribution in [0.5, 0.6) is 0 Å². The normalized spacial score (nSPS) is 12.4. The minimum atomic E-state index is 0. The molecule has 0 unspecified atom stereocenters. The average Bonchev–Trinajstić information content (AvgIpc) is 3.63. The molecule has 0 spiro atoms. The Morgan fingerprint density at radius 2 is 1.22 bits per heavy atom. The number of allylic oxidation sites excluding steroid dienone is 4. The van der Waals surface area contributed by atoms with Gasteiger partial charge in [-0.05, 0) is 35.4 Å². The summed E-state index contributed by atoms with van der Waals surface area (Å²) in [6.45, 7) is 18.2. The van der Waals surface area contributed by atoms with E-state index in [-0.39, 0.29) is 35.6 Å². The summed E-state index contributed by atoms with van der Waals surface area (Å²) in [7, 11) is 0. The summed E-state index contributed by atoms with van der Waals surface area (Å²) in [4.78, 5) is 0. The Kier molecular flexibility index (Phi) is 15.9. The van der Waals surface area contributed by atoms with Gasteiger partial charge < -0.3 is 0 Å². The number of benzene rings is 4. The third-order valence-electron chi connectivity index (χ3n) is 7.93. The molecule has 0 amide bonds. The summed E-state index contributed by atoms with van der Waals surface area (Å²) >= 11 is 6.13. The second-order valence-electron chi connectivity index (χ2n) is 13.6. The summed E-state index contributed by atoms with van der Waals surface area (Å²) in [5.41, 5.74) is 14.3. The van der Waals surface area contributed by atoms with Crippen molar-refractivity contribution in [1.82, 2.24) is 0 Å². The molecule has 0 aliphatic heterocycles. The monoisotopic (exact) mass is 950 g/mol. The molecular formula is C41H44Cl2I2Zr. The predicted octanol–water partition coefficient (Wildman–Crippen LogP) is 12.4. The third kappa shape index (κ3) is 10.8. The molecule has 0 nitrogen and oxygen atoms in total. The topological polar surface area (TPSA) is 0 Å². The molecule has 240 valence electrons. The molecule has 0 aromatic heterocycles. The predicted molar refractivity (Wildman–Crippen MR) is 218 cm³/mol. The van der Waals surface area contributed by atoms with Crippen LogP contribution >= 0.6 is 70.0 Å². The van der Waals surface area contributed by atoms with Crippen LogP contribution in [0.25, 0.3) is 11.1 Å². The standard InChI is InChI=1S/C23H29.C13H8I2.C5H5.2ClH.Zr/c1-14-9-16-11-17-10-15(2)21(23(6,7)8)13-19(17)18(16)12-20(14)22(3,4)5;14-12-5-1-10(2-6-12)9-11-3-7-13(15)8-4-11;1-2-4-5-3-1;;;/h9,12-13H,11H2,1-8H3;1-8H;1-3H,4H2;2*1H;/q-1;;-1;;;+2. The van der Waals surface area contributed by atoms with Crippen molar-refractivity contribution in [1.29, 1.82) is 0 Å². The second-order valence-corrected chi connectivity index (χ2v) is 17.3. The summed E-state index contributed by atoms with van der Waals surface area (Å²) in [5, 5.41) is 0. The van der Waals surface area contributed by atoms with E-state index in [1.807, 2.05) is 12.2 Å². The molecule has 5 heteroatoms. The zero-order chi connectivity index (χ0) is 32.2. The van der Waals surface area contributed by atoms with Gasteiger partial charge in [0, 0.05) is 0 Å². The second kappa shape index (κ2) is 17.7. The van der Waals surface area contributed by atoms with E-state index in [9.17, 15) is 0 Å². The molecule has 6 rings (SSSR count). The van der Waals surface area contributed by atoms with Crippen LogP contribution in [-0.4, -0.2) is 3.21 Å². The Balaban J connectivity index is 0.000000278. The van der Waals surface area contributed by atoms with Crippen LogP contribution in [0.3, 0.4) is 0 Å². The zero-order valence-electron chi connectivity index (χ0n) is 28.1. The van der Waals surface area contributed by atoms with E-state index in [2.05, 4.69) is 186 Å². The van der Waals surface area contributed by atoms with Gasteiger partial charge in [0.15, 0.2) is 0 Å². The van der Waals surface area contributed by atoms with E-state index in [0.717, 1.165) is 12.8 Å². The third-order valence-corrected chi connectivity index (χ3v) is 10.8. The molecule has 2 aliphatic carbocycles. The first-order valence-electron chi connectivity index (χ1n) is 15.2. The quantitative estimate of drug-likeness (QED) is 0.122. The molecule has 0 saturated carbocycles. The SMILES string of the molecule is Cc1[c-]c2c(cc1C(C)(C)C)-c1cc(C(C)(C)C)c(C)cc1C2.Cl.Cl.[C-]1=CC=CC1.[Zr+2]=[C](c1ccc(I)cc1)c1ccc(I)cc1. The van der Waals surface area contributed by atoms with Crippen LogP contribution in [0, 0.1) is 33.1 Å². The van der Waals surface area contributed by atoms with Crippen molar-refractivity contribution in [2.45, 2.75) is 79.1 Å². The van der Waals surface area contributed by atoms with Gasteiger partial charge in [-0.25, -0.2) is 12.2 Å². The fraction of sp³-hybridized carbons (Fsp3) is 0.293. The van der Waals surface area contributed by atoms with Gasteiger partial charge in [-0.2, -0.15) is 23.8 Å². The van der Waals surface area contributed by atoms with Gasteiger partial charge in [0.2, 0.25) is 0 Å². The molecule has 4 aromatic rings. The Bertz CT molecular complexity index is 1580. The molecule has 0 atom stereocenters. The van der Waals surface area contributed by atoms with Crippen LogP contribution in [0.15, 0.2) is 85.0 Å². The Hall–Kier alpha value is -0.847. The first-order valence-corrected chi connectivity index (χ1v) is 18.6. The van der Waals surface area contributed by atoms with Crippen LogP contribution in [0.4, 0.5) is 0 Å². The fourth-order valence-electron chi connectivity index (χ4n) is 5.76. The van der Waals surface area contributed by atoms with E-state index in [4.69, 9.17) is 0 Å². The van der Waals surface area contributed by atoms with Gasteiger partial charge in [0.25, 0.3) is 0 Å². The molecule has 0 radical (unpaired) electrons. The first-order chi connectivity index (χ1) is 20.6. The van der Waals surface area contributed by atoms with Crippen molar-refractivity contribution in [2.24, 2.45) is 0 Å². The van der Waals surface area contributed by atoms with Crippen molar-refractivity contribution in [3.05, 3.63) is 149 Å². The first kappa shape index (κ1) is 41.3. The van der Waals surface area contributed by atoms with Gasteiger partial charge >= 0.3 is 139 Å². The summed E-state index contributed by atoms with van der Waals surface area (Å²) in [6, 6.07) is 28.4. The van der Waals surface area contributed by atoms with E-state index in [1.54, 1.807) is 0 Å². The molecule has 0 N–H and O–H groups in total.